The van der Waals surface area contributed by atoms with Gasteiger partial charge < -0.3 is 15.6 Å². The van der Waals surface area contributed by atoms with E-state index >= 15 is 0 Å². The third kappa shape index (κ3) is 2.26. The SMILES string of the molecule is NCn1cc(Oc2cccc(O)c2)cn1. The molecule has 1 aromatic carbocycles. The van der Waals surface area contributed by atoms with Crippen molar-refractivity contribution in [1.82, 2.24) is 9.78 Å². The van der Waals surface area contributed by atoms with E-state index in [9.17, 15) is 5.11 Å². The number of nitrogens with zero attached hydrogens (tertiary/aromatic N) is 2. The molecule has 0 aliphatic heterocycles. The molecule has 0 aliphatic rings. The molecule has 3 N–H and O–H groups in total. The number of hydrogen-bond acceptors (Lipinski definition) is 4. The molecule has 0 saturated carbocycles. The van der Waals surface area contributed by atoms with Gasteiger partial charge in [-0.15, -0.1) is 0 Å². The van der Waals surface area contributed by atoms with E-state index in [-0.39, 0.29) is 5.75 Å². The van der Waals surface area contributed by atoms with Gasteiger partial charge in [0.2, 0.25) is 0 Å². The molecule has 0 spiro atoms. The molecule has 1 aromatic heterocycles. The summed E-state index contributed by atoms with van der Waals surface area (Å²) in [7, 11) is 0. The van der Waals surface area contributed by atoms with Crippen molar-refractivity contribution in [1.29, 1.82) is 0 Å². The molecule has 5 heteroatoms. The van der Waals surface area contributed by atoms with Crippen LogP contribution in [0.2, 0.25) is 0 Å². The fourth-order valence-electron chi connectivity index (χ4n) is 1.18. The largest absolute Gasteiger partial charge is 0.508 e. The van der Waals surface area contributed by atoms with Crippen molar-refractivity contribution >= 4 is 0 Å². The van der Waals surface area contributed by atoms with Crippen LogP contribution >= 0.6 is 0 Å². The normalized spacial score (nSPS) is 10.2. The van der Waals surface area contributed by atoms with Crippen LogP contribution in [0.5, 0.6) is 17.2 Å². The molecule has 1 heterocycles. The third-order valence-electron chi connectivity index (χ3n) is 1.85. The first kappa shape index (κ1) is 9.54. The molecule has 0 fully saturated rings. The minimum atomic E-state index is 0.165. The molecule has 2 rings (SSSR count). The Morgan fingerprint density at radius 1 is 1.40 bits per heavy atom. The average molecular weight is 205 g/mol. The number of benzene rings is 1. The second kappa shape index (κ2) is 4.02. The molecular weight excluding hydrogens is 194 g/mol. The van der Waals surface area contributed by atoms with Crippen molar-refractivity contribution in [2.24, 2.45) is 5.73 Å². The zero-order valence-electron chi connectivity index (χ0n) is 8.00. The molecule has 0 saturated heterocycles. The van der Waals surface area contributed by atoms with Gasteiger partial charge in [-0.2, -0.15) is 5.10 Å². The Morgan fingerprint density at radius 3 is 2.93 bits per heavy atom. The number of hydrogen-bond donors (Lipinski definition) is 2. The van der Waals surface area contributed by atoms with Gasteiger partial charge in [0.05, 0.1) is 19.1 Å². The second-order valence-electron chi connectivity index (χ2n) is 3.00. The van der Waals surface area contributed by atoms with Crippen LogP contribution in [0.25, 0.3) is 0 Å². The van der Waals surface area contributed by atoms with Gasteiger partial charge in [-0.3, -0.25) is 4.68 Å². The molecule has 5 nitrogen and oxygen atoms in total. The Morgan fingerprint density at radius 2 is 2.27 bits per heavy atom. The predicted molar refractivity (Wildman–Crippen MR) is 54.6 cm³/mol. The number of nitrogens with two attached hydrogens (primary N) is 1. The lowest BCUT2D eigenvalue weighted by molar-refractivity contribution is 0.454. The van der Waals surface area contributed by atoms with Gasteiger partial charge in [0.25, 0.3) is 0 Å². The first-order valence-corrected chi connectivity index (χ1v) is 4.47. The van der Waals surface area contributed by atoms with Gasteiger partial charge in [0.1, 0.15) is 11.5 Å². The Kier molecular flexibility index (Phi) is 2.55. The number of rotatable bonds is 3. The monoisotopic (exact) mass is 205 g/mol. The zero-order valence-corrected chi connectivity index (χ0v) is 8.00. The highest BCUT2D eigenvalue weighted by atomic mass is 16.5. The van der Waals surface area contributed by atoms with Crippen LogP contribution in [0.4, 0.5) is 0 Å². The van der Waals surface area contributed by atoms with Gasteiger partial charge in [0, 0.05) is 6.07 Å². The van der Waals surface area contributed by atoms with Crippen molar-refractivity contribution < 1.29 is 9.84 Å². The Bertz CT molecular complexity index is 453. The Hall–Kier alpha value is -2.01. The molecule has 0 bridgehead atoms. The molecule has 15 heavy (non-hydrogen) atoms. The van der Waals surface area contributed by atoms with Crippen molar-refractivity contribution in [2.45, 2.75) is 6.67 Å². The summed E-state index contributed by atoms with van der Waals surface area (Å²) in [5.41, 5.74) is 5.39. The van der Waals surface area contributed by atoms with E-state index < -0.39 is 0 Å². The summed E-state index contributed by atoms with van der Waals surface area (Å²) in [6.45, 7) is 0.309. The number of aromatic hydroxyl groups is 1. The van der Waals surface area contributed by atoms with E-state index in [0.29, 0.717) is 18.2 Å². The molecule has 0 aliphatic carbocycles. The molecular formula is C10H11N3O2. The van der Waals surface area contributed by atoms with Crippen molar-refractivity contribution in [3.05, 3.63) is 36.7 Å². The van der Waals surface area contributed by atoms with Crippen LogP contribution in [0.15, 0.2) is 36.7 Å². The van der Waals surface area contributed by atoms with E-state index in [1.165, 1.54) is 6.07 Å². The lowest BCUT2D eigenvalue weighted by Gasteiger charge is -2.02. The Labute approximate surface area is 86.7 Å². The maximum Gasteiger partial charge on any atom is 0.165 e. The quantitative estimate of drug-likeness (QED) is 0.792. The Balaban J connectivity index is 2.14. The van der Waals surface area contributed by atoms with Crippen LogP contribution < -0.4 is 10.5 Å². The summed E-state index contributed by atoms with van der Waals surface area (Å²) >= 11 is 0. The van der Waals surface area contributed by atoms with Crippen LogP contribution in [0, 0.1) is 0 Å². The molecule has 0 radical (unpaired) electrons. The fraction of sp³-hybridized carbons (Fsp3) is 0.100. The molecule has 0 unspecified atom stereocenters. The number of phenolic OH excluding ortho intramolecular Hbond substituents is 1. The van der Waals surface area contributed by atoms with E-state index in [0.717, 1.165) is 0 Å². The van der Waals surface area contributed by atoms with E-state index in [4.69, 9.17) is 10.5 Å². The van der Waals surface area contributed by atoms with Crippen LogP contribution in [0.1, 0.15) is 0 Å². The third-order valence-corrected chi connectivity index (χ3v) is 1.85. The highest BCUT2D eigenvalue weighted by molar-refractivity contribution is 5.34. The maximum absolute atomic E-state index is 9.22. The molecule has 0 amide bonds. The maximum atomic E-state index is 9.22. The summed E-state index contributed by atoms with van der Waals surface area (Å²) in [6, 6.07) is 6.56. The summed E-state index contributed by atoms with van der Waals surface area (Å²) < 4.78 is 7.00. The van der Waals surface area contributed by atoms with Crippen molar-refractivity contribution in [2.75, 3.05) is 0 Å². The van der Waals surface area contributed by atoms with Crippen LogP contribution in [-0.2, 0) is 6.67 Å². The van der Waals surface area contributed by atoms with Crippen LogP contribution in [0.3, 0.4) is 0 Å². The summed E-state index contributed by atoms with van der Waals surface area (Å²) in [6.07, 6.45) is 3.25. The van der Waals surface area contributed by atoms with E-state index in [1.807, 2.05) is 0 Å². The van der Waals surface area contributed by atoms with Crippen molar-refractivity contribution in [3.8, 4) is 17.2 Å². The van der Waals surface area contributed by atoms with Gasteiger partial charge >= 0.3 is 0 Å². The number of aromatic nitrogens is 2. The first-order chi connectivity index (χ1) is 7.28. The fourth-order valence-corrected chi connectivity index (χ4v) is 1.18. The highest BCUT2D eigenvalue weighted by Crippen LogP contribution is 2.23. The summed E-state index contributed by atoms with van der Waals surface area (Å²) in [5, 5.41) is 13.2. The van der Waals surface area contributed by atoms with E-state index in [1.54, 1.807) is 35.3 Å². The standard InChI is InChI=1S/C10H11N3O2/c11-7-13-6-10(5-12-13)15-9-3-1-2-8(14)4-9/h1-6,14H,7,11H2. The summed E-state index contributed by atoms with van der Waals surface area (Å²) in [4.78, 5) is 0. The topological polar surface area (TPSA) is 73.3 Å². The van der Waals surface area contributed by atoms with E-state index in [2.05, 4.69) is 5.10 Å². The first-order valence-electron chi connectivity index (χ1n) is 4.47. The molecule has 2 aromatic rings. The van der Waals surface area contributed by atoms with Gasteiger partial charge in [-0.25, -0.2) is 0 Å². The predicted octanol–water partition coefficient (Wildman–Crippen LogP) is 1.30. The lowest BCUT2D eigenvalue weighted by Crippen LogP contribution is -2.06. The minimum absolute atomic E-state index is 0.165. The van der Waals surface area contributed by atoms with Gasteiger partial charge in [-0.1, -0.05) is 6.07 Å². The average Bonchev–Trinajstić information content (AvgIpc) is 2.65. The second-order valence-corrected chi connectivity index (χ2v) is 3.00. The number of phenols is 1. The lowest BCUT2D eigenvalue weighted by atomic mass is 10.3. The summed E-state index contributed by atoms with van der Waals surface area (Å²) in [5.74, 6) is 1.32. The zero-order chi connectivity index (χ0) is 10.7. The van der Waals surface area contributed by atoms with Crippen molar-refractivity contribution in [3.63, 3.8) is 0 Å². The smallest absolute Gasteiger partial charge is 0.165 e. The van der Waals surface area contributed by atoms with Gasteiger partial charge in [0.15, 0.2) is 5.75 Å². The number of ether oxygens (including phenoxy) is 1. The van der Waals surface area contributed by atoms with Gasteiger partial charge in [-0.05, 0) is 12.1 Å². The minimum Gasteiger partial charge on any atom is -0.508 e. The van der Waals surface area contributed by atoms with Crippen LogP contribution in [-0.4, -0.2) is 14.9 Å². The molecule has 78 valence electrons. The highest BCUT2D eigenvalue weighted by Gasteiger charge is 2.00. The molecule has 0 atom stereocenters.